The van der Waals surface area contributed by atoms with E-state index < -0.39 is 12.8 Å². The second-order valence-electron chi connectivity index (χ2n) is 3.98. The first-order chi connectivity index (χ1) is 9.44. The molecule has 0 fully saturated rings. The van der Waals surface area contributed by atoms with Crippen LogP contribution in [-0.2, 0) is 6.54 Å². The third-order valence-electron chi connectivity index (χ3n) is 2.35. The van der Waals surface area contributed by atoms with E-state index in [0.29, 0.717) is 17.3 Å². The van der Waals surface area contributed by atoms with Crippen LogP contribution in [0.3, 0.4) is 0 Å². The lowest BCUT2D eigenvalue weighted by Crippen LogP contribution is -2.19. The van der Waals surface area contributed by atoms with Crippen LogP contribution in [0.5, 0.6) is 5.75 Å². The van der Waals surface area contributed by atoms with Gasteiger partial charge in [0.15, 0.2) is 6.61 Å². The summed E-state index contributed by atoms with van der Waals surface area (Å²) < 4.78 is 41.3. The molecule has 20 heavy (non-hydrogen) atoms. The molecule has 0 radical (unpaired) electrons. The number of alkyl halides is 3. The van der Waals surface area contributed by atoms with Crippen LogP contribution in [0.2, 0.25) is 5.02 Å². The molecule has 0 atom stereocenters. The highest BCUT2D eigenvalue weighted by molar-refractivity contribution is 7.10. The number of benzene rings is 1. The molecule has 1 aromatic carbocycles. The standard InChI is InChI=1S/C13H11ClF3NOS/c14-9-5-10(20-7-9)6-18-11-3-1-2-4-12(11)19-8-13(15,16)17/h1-5,7,18H,6,8H2. The van der Waals surface area contributed by atoms with Crippen LogP contribution < -0.4 is 10.1 Å². The molecule has 2 rings (SSSR count). The summed E-state index contributed by atoms with van der Waals surface area (Å²) in [6.07, 6.45) is -4.35. The fraction of sp³-hybridized carbons (Fsp3) is 0.231. The molecule has 0 spiro atoms. The predicted molar refractivity (Wildman–Crippen MR) is 74.6 cm³/mol. The van der Waals surface area contributed by atoms with Crippen molar-refractivity contribution >= 4 is 28.6 Å². The number of anilines is 1. The van der Waals surface area contributed by atoms with E-state index in [1.54, 1.807) is 29.6 Å². The first-order valence-electron chi connectivity index (χ1n) is 5.69. The minimum atomic E-state index is -4.35. The monoisotopic (exact) mass is 321 g/mol. The second kappa shape index (κ2) is 6.37. The Labute approximate surface area is 123 Å². The Morgan fingerprint density at radius 1 is 1.25 bits per heavy atom. The van der Waals surface area contributed by atoms with Crippen molar-refractivity contribution in [2.45, 2.75) is 12.7 Å². The number of hydrogen-bond acceptors (Lipinski definition) is 3. The molecule has 0 aliphatic carbocycles. The van der Waals surface area contributed by atoms with E-state index in [0.717, 1.165) is 4.88 Å². The zero-order valence-corrected chi connectivity index (χ0v) is 11.8. The Hall–Kier alpha value is -1.40. The molecule has 0 aliphatic rings. The van der Waals surface area contributed by atoms with Gasteiger partial charge < -0.3 is 10.1 Å². The molecule has 0 saturated heterocycles. The van der Waals surface area contributed by atoms with Gasteiger partial charge in [0.25, 0.3) is 0 Å². The van der Waals surface area contributed by atoms with Gasteiger partial charge in [0.1, 0.15) is 5.75 Å². The molecule has 0 unspecified atom stereocenters. The minimum Gasteiger partial charge on any atom is -0.482 e. The number of para-hydroxylation sites is 2. The smallest absolute Gasteiger partial charge is 0.422 e. The molecule has 7 heteroatoms. The lowest BCUT2D eigenvalue weighted by molar-refractivity contribution is -0.153. The topological polar surface area (TPSA) is 21.3 Å². The number of thiophene rings is 1. The van der Waals surface area contributed by atoms with Gasteiger partial charge in [0.2, 0.25) is 0 Å². The Morgan fingerprint density at radius 2 is 2.00 bits per heavy atom. The van der Waals surface area contributed by atoms with E-state index in [4.69, 9.17) is 16.3 Å². The van der Waals surface area contributed by atoms with E-state index in [1.807, 2.05) is 0 Å². The predicted octanol–water partition coefficient (Wildman–Crippen LogP) is 4.95. The molecule has 2 nitrogen and oxygen atoms in total. The molecule has 108 valence electrons. The molecule has 2 aromatic rings. The van der Waals surface area contributed by atoms with E-state index >= 15 is 0 Å². The van der Waals surface area contributed by atoms with Crippen LogP contribution in [0.1, 0.15) is 4.88 Å². The molecule has 1 N–H and O–H groups in total. The average molecular weight is 322 g/mol. The molecular weight excluding hydrogens is 311 g/mol. The molecule has 0 bridgehead atoms. The molecule has 1 heterocycles. The number of halogens is 4. The fourth-order valence-electron chi connectivity index (χ4n) is 1.53. The number of hydrogen-bond donors (Lipinski definition) is 1. The van der Waals surface area contributed by atoms with Gasteiger partial charge in [-0.25, -0.2) is 0 Å². The highest BCUT2D eigenvalue weighted by Gasteiger charge is 2.28. The second-order valence-corrected chi connectivity index (χ2v) is 5.42. The van der Waals surface area contributed by atoms with Crippen molar-refractivity contribution in [1.82, 2.24) is 0 Å². The van der Waals surface area contributed by atoms with Crippen LogP contribution in [0, 0.1) is 0 Å². The quantitative estimate of drug-likeness (QED) is 0.841. The van der Waals surface area contributed by atoms with Crippen molar-refractivity contribution in [1.29, 1.82) is 0 Å². The van der Waals surface area contributed by atoms with Crippen LogP contribution >= 0.6 is 22.9 Å². The largest absolute Gasteiger partial charge is 0.482 e. The Kier molecular flexibility index (Phi) is 4.77. The van der Waals surface area contributed by atoms with Gasteiger partial charge in [-0.3, -0.25) is 0 Å². The summed E-state index contributed by atoms with van der Waals surface area (Å²) in [7, 11) is 0. The molecule has 0 aliphatic heterocycles. The van der Waals surface area contributed by atoms with Gasteiger partial charge in [-0.15, -0.1) is 11.3 Å². The van der Waals surface area contributed by atoms with Crippen LogP contribution in [0.25, 0.3) is 0 Å². The van der Waals surface area contributed by atoms with E-state index in [-0.39, 0.29) is 5.75 Å². The number of ether oxygens (including phenoxy) is 1. The number of rotatable bonds is 5. The zero-order chi connectivity index (χ0) is 14.6. The summed E-state index contributed by atoms with van der Waals surface area (Å²) in [6.45, 7) is -0.833. The van der Waals surface area contributed by atoms with Gasteiger partial charge in [-0.1, -0.05) is 23.7 Å². The normalized spacial score (nSPS) is 11.4. The summed E-state index contributed by atoms with van der Waals surface area (Å²) in [5, 5.41) is 5.48. The molecule has 1 aromatic heterocycles. The third-order valence-corrected chi connectivity index (χ3v) is 3.64. The van der Waals surface area contributed by atoms with Crippen molar-refractivity contribution < 1.29 is 17.9 Å². The highest BCUT2D eigenvalue weighted by Crippen LogP contribution is 2.27. The SMILES string of the molecule is FC(F)(F)COc1ccccc1NCc1cc(Cl)cs1. The van der Waals surface area contributed by atoms with Crippen LogP contribution in [0.15, 0.2) is 35.7 Å². The fourth-order valence-corrected chi connectivity index (χ4v) is 2.54. The van der Waals surface area contributed by atoms with Gasteiger partial charge >= 0.3 is 6.18 Å². The van der Waals surface area contributed by atoms with E-state index in [9.17, 15) is 13.2 Å². The maximum absolute atomic E-state index is 12.2. The Bertz CT molecular complexity index is 571. The van der Waals surface area contributed by atoms with Crippen molar-refractivity contribution in [2.24, 2.45) is 0 Å². The van der Waals surface area contributed by atoms with Gasteiger partial charge in [0, 0.05) is 16.8 Å². The van der Waals surface area contributed by atoms with Crippen molar-refractivity contribution in [3.05, 3.63) is 45.6 Å². The van der Waals surface area contributed by atoms with E-state index in [2.05, 4.69) is 5.32 Å². The first-order valence-corrected chi connectivity index (χ1v) is 6.95. The summed E-state index contributed by atoms with van der Waals surface area (Å²) in [4.78, 5) is 0.987. The van der Waals surface area contributed by atoms with Gasteiger partial charge in [-0.05, 0) is 18.2 Å². The van der Waals surface area contributed by atoms with E-state index in [1.165, 1.54) is 17.4 Å². The molecule has 0 amide bonds. The zero-order valence-electron chi connectivity index (χ0n) is 10.2. The summed E-state index contributed by atoms with van der Waals surface area (Å²) in [6, 6.07) is 8.32. The Balaban J connectivity index is 2.00. The number of nitrogens with one attached hydrogen (secondary N) is 1. The van der Waals surface area contributed by atoms with Crippen LogP contribution in [-0.4, -0.2) is 12.8 Å². The van der Waals surface area contributed by atoms with Crippen molar-refractivity contribution in [3.63, 3.8) is 0 Å². The van der Waals surface area contributed by atoms with Gasteiger partial charge in [-0.2, -0.15) is 13.2 Å². The average Bonchev–Trinajstić information content (AvgIpc) is 2.80. The summed E-state index contributed by atoms with van der Waals surface area (Å²) >= 11 is 7.28. The molecule has 0 saturated carbocycles. The minimum absolute atomic E-state index is 0.174. The third kappa shape index (κ3) is 4.61. The maximum Gasteiger partial charge on any atom is 0.422 e. The van der Waals surface area contributed by atoms with Crippen LogP contribution in [0.4, 0.5) is 18.9 Å². The lowest BCUT2D eigenvalue weighted by Gasteiger charge is -2.14. The van der Waals surface area contributed by atoms with Crippen molar-refractivity contribution in [3.8, 4) is 5.75 Å². The van der Waals surface area contributed by atoms with Crippen molar-refractivity contribution in [2.75, 3.05) is 11.9 Å². The Morgan fingerprint density at radius 3 is 2.65 bits per heavy atom. The lowest BCUT2D eigenvalue weighted by atomic mass is 10.3. The highest BCUT2D eigenvalue weighted by atomic mass is 35.5. The molecular formula is C13H11ClF3NOS. The summed E-state index contributed by atoms with van der Waals surface area (Å²) in [5.41, 5.74) is 0.515. The van der Waals surface area contributed by atoms with Gasteiger partial charge in [0.05, 0.1) is 10.7 Å². The first kappa shape index (κ1) is 15.0. The summed E-state index contributed by atoms with van der Waals surface area (Å²) in [5.74, 6) is 0.174. The maximum atomic E-state index is 12.2.